The van der Waals surface area contributed by atoms with E-state index in [9.17, 15) is 5.11 Å². The molecule has 0 amide bonds. The maximum absolute atomic E-state index is 9.75. The first-order chi connectivity index (χ1) is 5.66. The fraction of sp³-hybridized carbons (Fsp3) is 1.00. The number of piperidine rings is 1. The van der Waals surface area contributed by atoms with Gasteiger partial charge in [0.25, 0.3) is 0 Å². The molecule has 1 fully saturated rings. The van der Waals surface area contributed by atoms with Crippen molar-refractivity contribution in [2.45, 2.75) is 58.2 Å². The zero-order valence-electron chi connectivity index (χ0n) is 8.45. The summed E-state index contributed by atoms with van der Waals surface area (Å²) in [6.45, 7) is 7.74. The Morgan fingerprint density at radius 3 is 2.58 bits per heavy atom. The van der Waals surface area contributed by atoms with Gasteiger partial charge in [-0.25, -0.2) is 0 Å². The lowest BCUT2D eigenvalue weighted by atomic mass is 9.95. The topological polar surface area (TPSA) is 23.5 Å². The van der Waals surface area contributed by atoms with Crippen LogP contribution in [0.4, 0.5) is 0 Å². The lowest BCUT2D eigenvalue weighted by Gasteiger charge is -2.41. The van der Waals surface area contributed by atoms with Crippen LogP contribution >= 0.6 is 0 Å². The van der Waals surface area contributed by atoms with Crippen LogP contribution in [0.2, 0.25) is 0 Å². The summed E-state index contributed by atoms with van der Waals surface area (Å²) in [4.78, 5) is 2.42. The van der Waals surface area contributed by atoms with Gasteiger partial charge in [-0.15, -0.1) is 0 Å². The van der Waals surface area contributed by atoms with Crippen molar-refractivity contribution in [1.29, 1.82) is 0 Å². The molecule has 72 valence electrons. The average molecular weight is 171 g/mol. The summed E-state index contributed by atoms with van der Waals surface area (Å²) < 4.78 is 0. The summed E-state index contributed by atoms with van der Waals surface area (Å²) in [5, 5.41) is 9.75. The second-order valence-electron chi connectivity index (χ2n) is 4.02. The molecular weight excluding hydrogens is 150 g/mol. The first-order valence-corrected chi connectivity index (χ1v) is 5.10. The number of aliphatic hydroxyl groups excluding tert-OH is 1. The van der Waals surface area contributed by atoms with Gasteiger partial charge in [0.05, 0.1) is 6.10 Å². The van der Waals surface area contributed by atoms with Gasteiger partial charge in [-0.3, -0.25) is 4.90 Å². The summed E-state index contributed by atoms with van der Waals surface area (Å²) in [6.07, 6.45) is 3.11. The smallest absolute Gasteiger partial charge is 0.0695 e. The third kappa shape index (κ3) is 1.99. The van der Waals surface area contributed by atoms with Crippen LogP contribution in [0, 0.1) is 0 Å². The van der Waals surface area contributed by atoms with Gasteiger partial charge in [0.2, 0.25) is 0 Å². The summed E-state index contributed by atoms with van der Waals surface area (Å²) in [6, 6.07) is 0.976. The highest BCUT2D eigenvalue weighted by molar-refractivity contribution is 4.84. The molecule has 2 atom stereocenters. The molecule has 0 aromatic carbocycles. The van der Waals surface area contributed by atoms with Crippen molar-refractivity contribution >= 4 is 0 Å². The summed E-state index contributed by atoms with van der Waals surface area (Å²) in [5.74, 6) is 0. The summed E-state index contributed by atoms with van der Waals surface area (Å²) in [7, 11) is 0. The highest BCUT2D eigenvalue weighted by Crippen LogP contribution is 2.21. The molecular formula is C10H21NO. The fourth-order valence-electron chi connectivity index (χ4n) is 2.21. The molecule has 2 unspecified atom stereocenters. The molecule has 0 aliphatic carbocycles. The van der Waals surface area contributed by atoms with Crippen molar-refractivity contribution in [2.75, 3.05) is 6.54 Å². The molecule has 0 aromatic rings. The highest BCUT2D eigenvalue weighted by Gasteiger charge is 2.29. The van der Waals surface area contributed by atoms with Gasteiger partial charge in [0.1, 0.15) is 0 Å². The first-order valence-electron chi connectivity index (χ1n) is 5.10. The SMILES string of the molecule is CCC1C(O)CCCN1C(C)C. The Bertz CT molecular complexity index is 136. The Hall–Kier alpha value is -0.0800. The molecule has 0 aromatic heterocycles. The number of hydrogen-bond donors (Lipinski definition) is 1. The van der Waals surface area contributed by atoms with Crippen LogP contribution in [-0.2, 0) is 0 Å². The van der Waals surface area contributed by atoms with Crippen LogP contribution in [-0.4, -0.2) is 34.7 Å². The quantitative estimate of drug-likeness (QED) is 0.682. The van der Waals surface area contributed by atoms with E-state index in [4.69, 9.17) is 0 Å². The maximum atomic E-state index is 9.75. The highest BCUT2D eigenvalue weighted by atomic mass is 16.3. The zero-order valence-corrected chi connectivity index (χ0v) is 8.45. The lowest BCUT2D eigenvalue weighted by molar-refractivity contribution is -0.00656. The Morgan fingerprint density at radius 2 is 2.17 bits per heavy atom. The number of aliphatic hydroxyl groups is 1. The van der Waals surface area contributed by atoms with E-state index in [0.717, 1.165) is 25.8 Å². The minimum absolute atomic E-state index is 0.0915. The number of rotatable bonds is 2. The van der Waals surface area contributed by atoms with Crippen LogP contribution in [0.1, 0.15) is 40.0 Å². The van der Waals surface area contributed by atoms with Gasteiger partial charge in [0, 0.05) is 12.1 Å². The molecule has 1 rings (SSSR count). The predicted molar refractivity (Wildman–Crippen MR) is 51.2 cm³/mol. The maximum Gasteiger partial charge on any atom is 0.0695 e. The fourth-order valence-corrected chi connectivity index (χ4v) is 2.21. The van der Waals surface area contributed by atoms with Crippen molar-refractivity contribution in [2.24, 2.45) is 0 Å². The second kappa shape index (κ2) is 4.24. The molecule has 2 heteroatoms. The lowest BCUT2D eigenvalue weighted by Crippen LogP contribution is -2.50. The number of likely N-dealkylation sites (tertiary alicyclic amines) is 1. The van der Waals surface area contributed by atoms with Crippen LogP contribution in [0.15, 0.2) is 0 Å². The molecule has 1 heterocycles. The van der Waals surface area contributed by atoms with Crippen LogP contribution in [0.25, 0.3) is 0 Å². The molecule has 1 aliphatic rings. The third-order valence-corrected chi connectivity index (χ3v) is 2.87. The van der Waals surface area contributed by atoms with Gasteiger partial charge in [-0.05, 0) is 39.7 Å². The van der Waals surface area contributed by atoms with E-state index in [-0.39, 0.29) is 6.10 Å². The van der Waals surface area contributed by atoms with Gasteiger partial charge < -0.3 is 5.11 Å². The van der Waals surface area contributed by atoms with E-state index >= 15 is 0 Å². The Kier molecular flexibility index (Phi) is 3.53. The molecule has 1 N–H and O–H groups in total. The molecule has 0 saturated carbocycles. The molecule has 0 radical (unpaired) electrons. The Balaban J connectivity index is 2.57. The van der Waals surface area contributed by atoms with E-state index in [2.05, 4.69) is 25.7 Å². The van der Waals surface area contributed by atoms with Gasteiger partial charge in [0.15, 0.2) is 0 Å². The standard InChI is InChI=1S/C10H21NO/c1-4-9-10(12)6-5-7-11(9)8(2)3/h8-10,12H,4-7H2,1-3H3. The third-order valence-electron chi connectivity index (χ3n) is 2.87. The molecule has 0 bridgehead atoms. The molecule has 0 spiro atoms. The molecule has 12 heavy (non-hydrogen) atoms. The summed E-state index contributed by atoms with van der Waals surface area (Å²) in [5.41, 5.74) is 0. The normalized spacial score (nSPS) is 32.8. The second-order valence-corrected chi connectivity index (χ2v) is 4.02. The minimum Gasteiger partial charge on any atom is -0.391 e. The van der Waals surface area contributed by atoms with E-state index in [0.29, 0.717) is 12.1 Å². The average Bonchev–Trinajstić information content (AvgIpc) is 2.03. The molecule has 2 nitrogen and oxygen atoms in total. The van der Waals surface area contributed by atoms with Gasteiger partial charge >= 0.3 is 0 Å². The predicted octanol–water partition coefficient (Wildman–Crippen LogP) is 1.63. The first kappa shape index (κ1) is 10.0. The Labute approximate surface area is 75.6 Å². The monoisotopic (exact) mass is 171 g/mol. The van der Waals surface area contributed by atoms with Crippen LogP contribution in [0.3, 0.4) is 0 Å². The van der Waals surface area contributed by atoms with E-state index < -0.39 is 0 Å². The minimum atomic E-state index is -0.0915. The molecule has 1 saturated heterocycles. The van der Waals surface area contributed by atoms with Crippen molar-refractivity contribution in [3.05, 3.63) is 0 Å². The van der Waals surface area contributed by atoms with E-state index in [1.807, 2.05) is 0 Å². The van der Waals surface area contributed by atoms with Gasteiger partial charge in [-0.1, -0.05) is 6.92 Å². The van der Waals surface area contributed by atoms with Crippen molar-refractivity contribution in [3.8, 4) is 0 Å². The van der Waals surface area contributed by atoms with Crippen molar-refractivity contribution in [3.63, 3.8) is 0 Å². The van der Waals surface area contributed by atoms with Gasteiger partial charge in [-0.2, -0.15) is 0 Å². The molecule has 1 aliphatic heterocycles. The zero-order chi connectivity index (χ0) is 9.14. The largest absolute Gasteiger partial charge is 0.391 e. The Morgan fingerprint density at radius 1 is 1.50 bits per heavy atom. The van der Waals surface area contributed by atoms with Crippen molar-refractivity contribution in [1.82, 2.24) is 4.90 Å². The van der Waals surface area contributed by atoms with E-state index in [1.165, 1.54) is 0 Å². The van der Waals surface area contributed by atoms with Crippen LogP contribution < -0.4 is 0 Å². The number of nitrogens with zero attached hydrogens (tertiary/aromatic N) is 1. The van der Waals surface area contributed by atoms with Crippen LogP contribution in [0.5, 0.6) is 0 Å². The van der Waals surface area contributed by atoms with Crippen molar-refractivity contribution < 1.29 is 5.11 Å². The van der Waals surface area contributed by atoms with E-state index in [1.54, 1.807) is 0 Å². The number of hydrogen-bond acceptors (Lipinski definition) is 2. The summed E-state index contributed by atoms with van der Waals surface area (Å²) >= 11 is 0.